The van der Waals surface area contributed by atoms with Crippen LogP contribution in [0.3, 0.4) is 0 Å². The van der Waals surface area contributed by atoms with Crippen molar-refractivity contribution in [2.24, 2.45) is 10.7 Å². The van der Waals surface area contributed by atoms with Crippen molar-refractivity contribution in [2.45, 2.75) is 25.8 Å². The Kier molecular flexibility index (Phi) is 5.44. The van der Waals surface area contributed by atoms with Gasteiger partial charge in [0.25, 0.3) is 17.4 Å². The largest absolute Gasteiger partial charge is 0.383 e. The second-order valence-corrected chi connectivity index (χ2v) is 7.81. The van der Waals surface area contributed by atoms with Crippen LogP contribution < -0.4 is 11.3 Å². The average molecular weight is 428 g/mol. The number of hydrogen-bond donors (Lipinski definition) is 2. The zero-order valence-corrected chi connectivity index (χ0v) is 17.3. The predicted octanol–water partition coefficient (Wildman–Crippen LogP) is 2.15. The van der Waals surface area contributed by atoms with Crippen LogP contribution in [0.5, 0.6) is 0 Å². The SMILES string of the molecule is CCN1CCCC1CN1C(=O)c2ccc(/N=C(\N)c3c(Cl)cc[nH]c3=O)cc2C1=O. The van der Waals surface area contributed by atoms with Crippen molar-refractivity contribution in [2.75, 3.05) is 19.6 Å². The molecule has 2 aliphatic heterocycles. The van der Waals surface area contributed by atoms with E-state index in [1.807, 2.05) is 0 Å². The van der Waals surface area contributed by atoms with Gasteiger partial charge in [0, 0.05) is 18.8 Å². The van der Waals surface area contributed by atoms with Gasteiger partial charge in [0.05, 0.1) is 21.8 Å². The first-order valence-electron chi connectivity index (χ1n) is 9.86. The van der Waals surface area contributed by atoms with Gasteiger partial charge in [-0.25, -0.2) is 4.99 Å². The molecule has 1 saturated heterocycles. The number of fused-ring (bicyclic) bond motifs is 1. The Morgan fingerprint density at radius 1 is 1.23 bits per heavy atom. The second-order valence-electron chi connectivity index (χ2n) is 7.40. The number of amidine groups is 1. The highest BCUT2D eigenvalue weighted by Gasteiger charge is 2.38. The van der Waals surface area contributed by atoms with Crippen molar-refractivity contribution in [1.82, 2.24) is 14.8 Å². The predicted molar refractivity (Wildman–Crippen MR) is 115 cm³/mol. The number of rotatable bonds is 5. The number of aromatic amines is 1. The quantitative estimate of drug-likeness (QED) is 0.431. The van der Waals surface area contributed by atoms with E-state index >= 15 is 0 Å². The van der Waals surface area contributed by atoms with Crippen molar-refractivity contribution < 1.29 is 9.59 Å². The third-order valence-corrected chi connectivity index (χ3v) is 5.98. The number of imide groups is 1. The number of hydrogen-bond acceptors (Lipinski definition) is 5. The molecule has 0 saturated carbocycles. The molecule has 3 heterocycles. The van der Waals surface area contributed by atoms with Gasteiger partial charge in [-0.1, -0.05) is 18.5 Å². The number of carbonyl (C=O) groups is 2. The lowest BCUT2D eigenvalue weighted by atomic mass is 10.1. The third kappa shape index (κ3) is 3.53. The monoisotopic (exact) mass is 427 g/mol. The summed E-state index contributed by atoms with van der Waals surface area (Å²) in [6.45, 7) is 4.35. The summed E-state index contributed by atoms with van der Waals surface area (Å²) < 4.78 is 0. The van der Waals surface area contributed by atoms with Crippen molar-refractivity contribution in [3.8, 4) is 0 Å². The van der Waals surface area contributed by atoms with Crippen molar-refractivity contribution >= 4 is 34.9 Å². The van der Waals surface area contributed by atoms with Crippen LogP contribution in [0.1, 0.15) is 46.0 Å². The maximum absolute atomic E-state index is 12.9. The van der Waals surface area contributed by atoms with E-state index in [4.69, 9.17) is 17.3 Å². The minimum Gasteiger partial charge on any atom is -0.383 e. The number of carbonyl (C=O) groups excluding carboxylic acids is 2. The molecule has 2 aromatic rings. The number of likely N-dealkylation sites (tertiary alicyclic amines) is 1. The first kappa shape index (κ1) is 20.3. The van der Waals surface area contributed by atoms with Crippen LogP contribution in [-0.2, 0) is 0 Å². The molecule has 1 atom stereocenters. The Bertz CT molecular complexity index is 1110. The third-order valence-electron chi connectivity index (χ3n) is 5.67. The summed E-state index contributed by atoms with van der Waals surface area (Å²) in [7, 11) is 0. The highest BCUT2D eigenvalue weighted by molar-refractivity contribution is 6.34. The van der Waals surface area contributed by atoms with Gasteiger partial charge in [-0.15, -0.1) is 0 Å². The van der Waals surface area contributed by atoms with Gasteiger partial charge in [-0.05, 0) is 50.2 Å². The van der Waals surface area contributed by atoms with E-state index in [0.29, 0.717) is 23.4 Å². The summed E-state index contributed by atoms with van der Waals surface area (Å²) in [5, 5.41) is 0.177. The summed E-state index contributed by atoms with van der Waals surface area (Å²) in [5.74, 6) is -0.687. The highest BCUT2D eigenvalue weighted by Crippen LogP contribution is 2.29. The van der Waals surface area contributed by atoms with Crippen LogP contribution in [0.4, 0.5) is 5.69 Å². The van der Waals surface area contributed by atoms with Gasteiger partial charge in [-0.2, -0.15) is 0 Å². The fourth-order valence-corrected chi connectivity index (χ4v) is 4.38. The van der Waals surface area contributed by atoms with Crippen molar-refractivity contribution in [3.05, 3.63) is 62.5 Å². The topological polar surface area (TPSA) is 112 Å². The molecule has 4 rings (SSSR count). The molecule has 3 N–H and O–H groups in total. The lowest BCUT2D eigenvalue weighted by Crippen LogP contribution is -2.42. The number of halogens is 1. The fourth-order valence-electron chi connectivity index (χ4n) is 4.13. The molecule has 156 valence electrons. The second kappa shape index (κ2) is 8.04. The van der Waals surface area contributed by atoms with E-state index in [1.54, 1.807) is 12.1 Å². The summed E-state index contributed by atoms with van der Waals surface area (Å²) >= 11 is 6.06. The highest BCUT2D eigenvalue weighted by atomic mass is 35.5. The molecule has 8 nitrogen and oxygen atoms in total. The first-order valence-corrected chi connectivity index (χ1v) is 10.2. The lowest BCUT2D eigenvalue weighted by molar-refractivity contribution is 0.0611. The summed E-state index contributed by atoms with van der Waals surface area (Å²) in [5.41, 5.74) is 6.60. The van der Waals surface area contributed by atoms with E-state index in [0.717, 1.165) is 25.9 Å². The maximum Gasteiger partial charge on any atom is 0.261 e. The number of likely N-dealkylation sites (N-methyl/N-ethyl adjacent to an activating group) is 1. The van der Waals surface area contributed by atoms with Gasteiger partial charge in [0.2, 0.25) is 0 Å². The number of amides is 2. The molecule has 30 heavy (non-hydrogen) atoms. The average Bonchev–Trinajstić information content (AvgIpc) is 3.26. The van der Waals surface area contributed by atoms with Gasteiger partial charge in [0.1, 0.15) is 11.4 Å². The number of nitrogens with zero attached hydrogens (tertiary/aromatic N) is 3. The number of pyridine rings is 1. The van der Waals surface area contributed by atoms with Crippen molar-refractivity contribution in [3.63, 3.8) is 0 Å². The molecule has 0 bridgehead atoms. The summed E-state index contributed by atoms with van der Waals surface area (Å²) in [6, 6.07) is 6.40. The number of nitrogens with one attached hydrogen (secondary N) is 1. The molecule has 1 aromatic heterocycles. The molecule has 2 aliphatic rings. The van der Waals surface area contributed by atoms with Crippen LogP contribution >= 0.6 is 11.6 Å². The molecular formula is C21H22ClN5O3. The normalized spacial score (nSPS) is 19.6. The molecule has 0 spiro atoms. The van der Waals surface area contributed by atoms with Crippen LogP contribution in [0.15, 0.2) is 40.2 Å². The van der Waals surface area contributed by atoms with E-state index in [1.165, 1.54) is 23.2 Å². The van der Waals surface area contributed by atoms with Crippen LogP contribution in [0.25, 0.3) is 0 Å². The zero-order valence-electron chi connectivity index (χ0n) is 16.5. The molecule has 1 fully saturated rings. The molecule has 1 aromatic carbocycles. The van der Waals surface area contributed by atoms with Crippen LogP contribution in [0.2, 0.25) is 5.02 Å². The maximum atomic E-state index is 12.9. The molecule has 1 unspecified atom stereocenters. The molecule has 2 amide bonds. The Morgan fingerprint density at radius 2 is 2.00 bits per heavy atom. The van der Waals surface area contributed by atoms with E-state index in [9.17, 15) is 14.4 Å². The van der Waals surface area contributed by atoms with Gasteiger partial charge in [-0.3, -0.25) is 24.2 Å². The Balaban J connectivity index is 1.61. The van der Waals surface area contributed by atoms with Crippen LogP contribution in [-0.4, -0.2) is 58.1 Å². The van der Waals surface area contributed by atoms with E-state index in [2.05, 4.69) is 21.8 Å². The molecular weight excluding hydrogens is 406 g/mol. The fraction of sp³-hybridized carbons (Fsp3) is 0.333. The van der Waals surface area contributed by atoms with Crippen LogP contribution in [0, 0.1) is 0 Å². The van der Waals surface area contributed by atoms with Crippen molar-refractivity contribution in [1.29, 1.82) is 0 Å². The standard InChI is InChI=1S/C21H22ClN5O3/c1-2-26-9-3-4-13(26)11-27-20(29)14-6-5-12(10-15(14)21(27)30)25-18(23)17-16(22)7-8-24-19(17)28/h5-8,10,13H,2-4,9,11H2,1H3,(H2,23,25)(H,24,28). The van der Waals surface area contributed by atoms with Gasteiger partial charge < -0.3 is 10.7 Å². The molecule has 0 aliphatic carbocycles. The number of aliphatic imine (C=N–C) groups is 1. The van der Waals surface area contributed by atoms with E-state index in [-0.39, 0.29) is 34.3 Å². The zero-order chi connectivity index (χ0) is 21.4. The number of nitrogens with two attached hydrogens (primary N) is 1. The summed E-state index contributed by atoms with van der Waals surface area (Å²) in [4.78, 5) is 48.1. The van der Waals surface area contributed by atoms with Gasteiger partial charge in [0.15, 0.2) is 0 Å². The van der Waals surface area contributed by atoms with E-state index < -0.39 is 5.56 Å². The Morgan fingerprint density at radius 3 is 2.73 bits per heavy atom. The number of H-pyrrole nitrogens is 1. The minimum atomic E-state index is -0.459. The number of benzene rings is 1. The molecule has 0 radical (unpaired) electrons. The first-order chi connectivity index (χ1) is 14.4. The Hall–Kier alpha value is -2.97. The minimum absolute atomic E-state index is 0.0598. The molecule has 9 heteroatoms. The number of aromatic nitrogens is 1. The summed E-state index contributed by atoms with van der Waals surface area (Å²) in [6.07, 6.45) is 3.46. The van der Waals surface area contributed by atoms with Gasteiger partial charge >= 0.3 is 0 Å². The smallest absolute Gasteiger partial charge is 0.261 e. The lowest BCUT2D eigenvalue weighted by Gasteiger charge is -2.26. The Labute approximate surface area is 178 Å².